The molecule has 0 saturated heterocycles. The maximum atomic E-state index is 6.75. The quantitative estimate of drug-likeness (QED) is 0.0366. The zero-order valence-corrected chi connectivity index (χ0v) is 30.2. The molecule has 3 rings (SSSR count). The van der Waals surface area contributed by atoms with E-state index in [0.717, 1.165) is 29.7 Å². The van der Waals surface area contributed by atoms with Gasteiger partial charge in [-0.3, -0.25) is 4.91 Å². The summed E-state index contributed by atoms with van der Waals surface area (Å²) in [6.07, 6.45) is 25.4. The molecule has 2 N–H and O–H groups in total. The third-order valence-corrected chi connectivity index (χ3v) is 6.09. The van der Waals surface area contributed by atoms with Crippen LogP contribution in [0.5, 0.6) is 0 Å². The zero-order chi connectivity index (χ0) is 31.7. The number of hydrogen-bond acceptors (Lipinski definition) is 2. The first-order chi connectivity index (χ1) is 20.5. The van der Waals surface area contributed by atoms with Gasteiger partial charge in [-0.1, -0.05) is 151 Å². The van der Waals surface area contributed by atoms with E-state index in [1.807, 2.05) is 54.7 Å². The molecule has 0 aliphatic rings. The van der Waals surface area contributed by atoms with Gasteiger partial charge in [0.05, 0.1) is 12.7 Å². The molecule has 236 valence electrons. The van der Waals surface area contributed by atoms with Crippen LogP contribution in [0.2, 0.25) is 0 Å². The van der Waals surface area contributed by atoms with Crippen LogP contribution in [0.15, 0.2) is 74.1 Å². The average Bonchev–Trinajstić information content (AvgIpc) is 3.54. The van der Waals surface area contributed by atoms with Crippen LogP contribution in [0.4, 0.5) is 0 Å². The first kappa shape index (κ1) is 48.1. The maximum absolute atomic E-state index is 6.75. The van der Waals surface area contributed by atoms with Crippen LogP contribution in [0.3, 0.4) is 0 Å². The van der Waals surface area contributed by atoms with Crippen LogP contribution >= 0.6 is 11.6 Å². The summed E-state index contributed by atoms with van der Waals surface area (Å²) in [6, 6.07) is 16.2. The molecular weight excluding hydrogens is 579 g/mol. The molecule has 0 atom stereocenters. The predicted octanol–water partition coefficient (Wildman–Crippen LogP) is 7.65. The minimum Gasteiger partial charge on any atom is -0.412 e. The van der Waals surface area contributed by atoms with Crippen LogP contribution in [0.25, 0.3) is 28.1 Å². The molecular formula is C35H52ClN6NaO. The van der Waals surface area contributed by atoms with E-state index in [2.05, 4.69) is 62.3 Å². The number of halogens is 1. The molecule has 1 aromatic heterocycles. The number of benzene rings is 2. The molecule has 2 aromatic carbocycles. The summed E-state index contributed by atoms with van der Waals surface area (Å²) in [6.45, 7) is 14.8. The number of alkyl halides is 1. The number of terminal acetylenes is 1. The Balaban J connectivity index is -0.000000240. The molecule has 44 heavy (non-hydrogen) atoms. The van der Waals surface area contributed by atoms with Crippen molar-refractivity contribution >= 4 is 23.8 Å². The normalized spacial score (nSPS) is 8.52. The molecule has 3 aromatic rings. The zero-order valence-electron chi connectivity index (χ0n) is 27.5. The van der Waals surface area contributed by atoms with E-state index in [1.54, 1.807) is 10.9 Å². The summed E-state index contributed by atoms with van der Waals surface area (Å²) >= 11 is 5.60. The summed E-state index contributed by atoms with van der Waals surface area (Å²) in [4.78, 5) is 1.50. The molecule has 0 bridgehead atoms. The van der Waals surface area contributed by atoms with Gasteiger partial charge in [0.2, 0.25) is 0 Å². The van der Waals surface area contributed by atoms with E-state index in [1.165, 1.54) is 68.3 Å². The fourth-order valence-electron chi connectivity index (χ4n) is 3.34. The van der Waals surface area contributed by atoms with Gasteiger partial charge in [-0.05, 0) is 28.7 Å². The molecule has 0 saturated carbocycles. The van der Waals surface area contributed by atoms with E-state index in [9.17, 15) is 0 Å². The summed E-state index contributed by atoms with van der Waals surface area (Å²) in [5, 5.41) is 7.65. The van der Waals surface area contributed by atoms with Crippen LogP contribution < -0.4 is 29.6 Å². The van der Waals surface area contributed by atoms with Crippen molar-refractivity contribution in [3.05, 3.63) is 112 Å². The first-order valence-corrected chi connectivity index (χ1v) is 15.3. The molecule has 0 radical (unpaired) electrons. The Kier molecular flexibility index (Phi) is 41.8. The van der Waals surface area contributed by atoms with Crippen molar-refractivity contribution in [1.29, 1.82) is 0 Å². The van der Waals surface area contributed by atoms with E-state index in [-0.39, 0.29) is 35.0 Å². The summed E-state index contributed by atoms with van der Waals surface area (Å²) in [5.41, 5.74) is 18.1. The fraction of sp³-hybridized carbons (Fsp3) is 0.429. The standard InChI is InChI=1S/C11H11N3.C9H9Cl.C8H14.C7H16.N3.Na.H2O/c1-2-10-3-5-11(6-4-10)9-14-8-7-12-13-14;1-2-8-3-5-9(7-10)6-4-8;1-3-5-7-8-6-4-2;1-3-5-7-6-4-2;1-3-2;;/h2-8H,1,9H2;2-6H,1,7H2;1H,4-8H2,2H3;3-7H2,1-2H3;;;1H2/q;;;;-1;+1;. The minimum absolute atomic E-state index is 0. The van der Waals surface area contributed by atoms with Gasteiger partial charge in [-0.2, -0.15) is 0 Å². The first-order valence-electron chi connectivity index (χ1n) is 14.7. The second kappa shape index (κ2) is 38.2. The minimum atomic E-state index is 0. The smallest absolute Gasteiger partial charge is 0.412 e. The topological polar surface area (TPSA) is 121 Å². The summed E-state index contributed by atoms with van der Waals surface area (Å²) in [7, 11) is 0. The number of aromatic nitrogens is 3. The molecule has 0 spiro atoms. The summed E-state index contributed by atoms with van der Waals surface area (Å²) < 4.78 is 1.79. The Labute approximate surface area is 294 Å². The monoisotopic (exact) mass is 630 g/mol. The number of rotatable bonds is 13. The third-order valence-electron chi connectivity index (χ3n) is 5.78. The average molecular weight is 631 g/mol. The second-order valence-electron chi connectivity index (χ2n) is 9.29. The number of unbranched alkanes of at least 4 members (excludes halogenated alkanes) is 8. The van der Waals surface area contributed by atoms with Gasteiger partial charge in [0.15, 0.2) is 0 Å². The molecule has 0 amide bonds. The molecule has 1 heterocycles. The molecule has 0 unspecified atom stereocenters. The Bertz CT molecular complexity index is 1090. The van der Waals surface area contributed by atoms with Gasteiger partial charge in [0.25, 0.3) is 0 Å². The van der Waals surface area contributed by atoms with Crippen LogP contribution in [0.1, 0.15) is 107 Å². The molecule has 0 fully saturated rings. The molecule has 7 nitrogen and oxygen atoms in total. The van der Waals surface area contributed by atoms with Crippen molar-refractivity contribution in [2.75, 3.05) is 0 Å². The largest absolute Gasteiger partial charge is 1.00 e. The van der Waals surface area contributed by atoms with Crippen LogP contribution in [-0.4, -0.2) is 20.5 Å². The molecule has 9 heteroatoms. The van der Waals surface area contributed by atoms with Gasteiger partial charge in [-0.15, -0.1) is 29.0 Å². The van der Waals surface area contributed by atoms with Gasteiger partial charge in [-0.25, -0.2) is 4.68 Å². The van der Waals surface area contributed by atoms with Crippen molar-refractivity contribution in [1.82, 2.24) is 15.0 Å². The molecule has 0 aliphatic heterocycles. The van der Waals surface area contributed by atoms with Crippen molar-refractivity contribution in [2.45, 2.75) is 97.4 Å². The SMILES string of the molecule is C#CCCCCCC.C=Cc1ccc(CCl)cc1.C=Cc1ccc(Cn2ccnn2)cc1.CCCCCCC.O.[N-]=[N+]=[N-].[Na+]. The van der Waals surface area contributed by atoms with Gasteiger partial charge < -0.3 is 16.5 Å². The van der Waals surface area contributed by atoms with Crippen molar-refractivity contribution in [3.8, 4) is 12.3 Å². The van der Waals surface area contributed by atoms with Crippen LogP contribution in [-0.2, 0) is 12.4 Å². The Hall–Kier alpha value is -2.82. The Morgan fingerprint density at radius 3 is 1.59 bits per heavy atom. The van der Waals surface area contributed by atoms with Crippen LogP contribution in [0, 0.1) is 12.3 Å². The van der Waals surface area contributed by atoms with E-state index in [4.69, 9.17) is 29.1 Å². The second-order valence-corrected chi connectivity index (χ2v) is 9.56. The number of hydrogen-bond donors (Lipinski definition) is 0. The summed E-state index contributed by atoms with van der Waals surface area (Å²) in [5.74, 6) is 3.21. The van der Waals surface area contributed by atoms with Crippen molar-refractivity contribution in [2.24, 2.45) is 0 Å². The number of nitrogens with zero attached hydrogens (tertiary/aromatic N) is 6. The molecule has 0 aliphatic carbocycles. The van der Waals surface area contributed by atoms with Crippen molar-refractivity contribution < 1.29 is 35.0 Å². The van der Waals surface area contributed by atoms with E-state index in [0.29, 0.717) is 5.88 Å². The Morgan fingerprint density at radius 1 is 0.818 bits per heavy atom. The Morgan fingerprint density at radius 2 is 1.25 bits per heavy atom. The van der Waals surface area contributed by atoms with Gasteiger partial charge in [0.1, 0.15) is 0 Å². The van der Waals surface area contributed by atoms with Gasteiger partial charge in [0, 0.05) is 18.5 Å². The maximum Gasteiger partial charge on any atom is 1.00 e. The van der Waals surface area contributed by atoms with Crippen molar-refractivity contribution in [3.63, 3.8) is 0 Å². The van der Waals surface area contributed by atoms with Gasteiger partial charge >= 0.3 is 29.6 Å². The third kappa shape index (κ3) is 30.6. The predicted molar refractivity (Wildman–Crippen MR) is 187 cm³/mol. The van der Waals surface area contributed by atoms with E-state index < -0.39 is 0 Å². The van der Waals surface area contributed by atoms with E-state index >= 15 is 0 Å². The fourth-order valence-corrected chi connectivity index (χ4v) is 3.51.